The van der Waals surface area contributed by atoms with E-state index >= 15 is 0 Å². The number of azide groups is 1. The Kier molecular flexibility index (Phi) is 10.1. The first-order chi connectivity index (χ1) is 20.8. The molecule has 8 unspecified atom stereocenters. The first-order valence-electron chi connectivity index (χ1n) is 13.5. The molecule has 19 nitrogen and oxygen atoms in total. The Morgan fingerprint density at radius 1 is 1.11 bits per heavy atom. The number of aromatic amines is 2. The Bertz CT molecular complexity index is 1730. The molecule has 4 N–H and O–H groups in total. The number of methoxy groups -OCH3 is 1. The van der Waals surface area contributed by atoms with Gasteiger partial charge in [0.2, 0.25) is 0 Å². The van der Waals surface area contributed by atoms with Crippen LogP contribution >= 0.6 is 7.52 Å². The van der Waals surface area contributed by atoms with Crippen molar-refractivity contribution in [1.29, 1.82) is 0 Å². The van der Waals surface area contributed by atoms with E-state index < -0.39 is 91.6 Å². The van der Waals surface area contributed by atoms with Crippen molar-refractivity contribution in [3.8, 4) is 0 Å². The van der Waals surface area contributed by atoms with Gasteiger partial charge in [0.15, 0.2) is 0 Å². The fourth-order valence-electron chi connectivity index (χ4n) is 5.09. The summed E-state index contributed by atoms with van der Waals surface area (Å²) >= 11 is 0. The van der Waals surface area contributed by atoms with Gasteiger partial charge in [0, 0.05) is 41.3 Å². The van der Waals surface area contributed by atoms with Gasteiger partial charge in [-0.25, -0.2) is 14.7 Å². The van der Waals surface area contributed by atoms with Crippen LogP contribution in [0.1, 0.15) is 43.3 Å². The number of aryl methyl sites for hydroxylation is 2. The van der Waals surface area contributed by atoms with Gasteiger partial charge in [-0.05, 0) is 26.3 Å². The lowest BCUT2D eigenvalue weighted by Gasteiger charge is -2.29. The molecule has 240 valence electrons. The molecule has 0 amide bonds. The number of carbonyl (C=O) groups excluding carboxylic acids is 1. The maximum Gasteiger partial charge on any atom is 0.330 e. The average molecular weight is 641 g/mol. The van der Waals surface area contributed by atoms with E-state index in [9.17, 15) is 39.2 Å². The molecule has 2 fully saturated rings. The number of aromatic nitrogens is 4. The monoisotopic (exact) mass is 640 g/mol. The lowest BCUT2D eigenvalue weighted by atomic mass is 10.1. The van der Waals surface area contributed by atoms with E-state index in [0.717, 1.165) is 16.2 Å². The Morgan fingerprint density at radius 2 is 1.66 bits per heavy atom. The van der Waals surface area contributed by atoms with Gasteiger partial charge in [-0.2, -0.15) is 0 Å². The smallest absolute Gasteiger partial charge is 0.330 e. The minimum atomic E-state index is -4.19. The minimum Gasteiger partial charge on any atom is -0.468 e. The maximum absolute atomic E-state index is 14.5. The second-order valence-electron chi connectivity index (χ2n) is 10.5. The SMILES string of the molecule is COC(=O)C(C)NP(=O)(CC1OC(n2cc(C)c(=O)[nH]c2=O)CC1N=[N+]=[N-])OC1CC(n2cc(C)c(=O)[nH]c2=O)OC1CO. The maximum atomic E-state index is 14.5. The summed E-state index contributed by atoms with van der Waals surface area (Å²) in [6, 6.07) is -2.10. The van der Waals surface area contributed by atoms with Gasteiger partial charge >= 0.3 is 17.3 Å². The quantitative estimate of drug-likeness (QED) is 0.0810. The molecular formula is C24H33N8O11P. The first-order valence-corrected chi connectivity index (χ1v) is 15.3. The van der Waals surface area contributed by atoms with Crippen molar-refractivity contribution in [2.45, 2.75) is 76.5 Å². The van der Waals surface area contributed by atoms with Crippen LogP contribution in [0.3, 0.4) is 0 Å². The van der Waals surface area contributed by atoms with Crippen LogP contribution in [0.4, 0.5) is 0 Å². The van der Waals surface area contributed by atoms with Crippen molar-refractivity contribution in [1.82, 2.24) is 24.2 Å². The molecule has 20 heteroatoms. The van der Waals surface area contributed by atoms with Gasteiger partial charge in [0.1, 0.15) is 24.6 Å². The van der Waals surface area contributed by atoms with E-state index in [1.54, 1.807) is 0 Å². The third kappa shape index (κ3) is 7.10. The van der Waals surface area contributed by atoms with Crippen molar-refractivity contribution in [2.75, 3.05) is 19.9 Å². The normalized spacial score (nSPS) is 26.9. The van der Waals surface area contributed by atoms with Crippen LogP contribution in [0.2, 0.25) is 0 Å². The summed E-state index contributed by atoms with van der Waals surface area (Å²) < 4.78 is 39.3. The van der Waals surface area contributed by atoms with Crippen LogP contribution in [0, 0.1) is 13.8 Å². The molecule has 0 saturated carbocycles. The number of aliphatic hydroxyl groups is 1. The summed E-state index contributed by atoms with van der Waals surface area (Å²) in [5, 5.41) is 16.4. The van der Waals surface area contributed by atoms with Gasteiger partial charge in [-0.15, -0.1) is 0 Å². The predicted molar refractivity (Wildman–Crippen MR) is 151 cm³/mol. The molecule has 8 atom stereocenters. The third-order valence-corrected chi connectivity index (χ3v) is 9.58. The van der Waals surface area contributed by atoms with Crippen molar-refractivity contribution < 1.29 is 33.2 Å². The van der Waals surface area contributed by atoms with Gasteiger partial charge in [0.05, 0.1) is 38.1 Å². The highest BCUT2D eigenvalue weighted by Crippen LogP contribution is 2.51. The number of carbonyl (C=O) groups is 1. The van der Waals surface area contributed by atoms with Crippen LogP contribution in [-0.4, -0.2) is 80.5 Å². The van der Waals surface area contributed by atoms with Crippen LogP contribution in [0.5, 0.6) is 0 Å². The number of hydrogen-bond acceptors (Lipinski definition) is 12. The molecule has 0 aliphatic carbocycles. The molecule has 0 aromatic carbocycles. The number of rotatable bonds is 11. The van der Waals surface area contributed by atoms with E-state index in [2.05, 4.69) is 25.1 Å². The summed E-state index contributed by atoms with van der Waals surface area (Å²) in [7, 11) is -3.05. The summed E-state index contributed by atoms with van der Waals surface area (Å²) in [6.45, 7) is 3.77. The van der Waals surface area contributed by atoms with E-state index in [-0.39, 0.29) is 24.0 Å². The fourth-order valence-corrected chi connectivity index (χ4v) is 7.50. The highest BCUT2D eigenvalue weighted by atomic mass is 31.2. The Hall–Kier alpha value is -3.83. The average Bonchev–Trinajstić information content (AvgIpc) is 3.55. The first kappa shape index (κ1) is 33.1. The molecule has 4 heterocycles. The summed E-state index contributed by atoms with van der Waals surface area (Å²) in [5.74, 6) is -0.768. The Balaban J connectivity index is 1.64. The topological polar surface area (TPSA) is 262 Å². The summed E-state index contributed by atoms with van der Waals surface area (Å²) in [6.07, 6.45) is -3.29. The van der Waals surface area contributed by atoms with E-state index in [4.69, 9.17) is 18.7 Å². The van der Waals surface area contributed by atoms with Crippen molar-refractivity contribution in [3.05, 3.63) is 75.6 Å². The number of esters is 1. The number of hydrogen-bond donors (Lipinski definition) is 4. The predicted octanol–water partition coefficient (Wildman–Crippen LogP) is -0.321. The molecule has 0 radical (unpaired) electrons. The van der Waals surface area contributed by atoms with Crippen LogP contribution in [0.15, 0.2) is 36.7 Å². The lowest BCUT2D eigenvalue weighted by Crippen LogP contribution is -2.39. The zero-order valence-electron chi connectivity index (χ0n) is 24.2. The van der Waals surface area contributed by atoms with Gasteiger partial charge < -0.3 is 23.8 Å². The van der Waals surface area contributed by atoms with Crippen molar-refractivity contribution >= 4 is 13.5 Å². The molecule has 0 spiro atoms. The number of aliphatic hydroxyl groups excluding tert-OH is 1. The van der Waals surface area contributed by atoms with Gasteiger partial charge in [-0.1, -0.05) is 5.11 Å². The Morgan fingerprint density at radius 3 is 2.18 bits per heavy atom. The molecule has 44 heavy (non-hydrogen) atoms. The fraction of sp³-hybridized carbons (Fsp3) is 0.625. The molecule has 4 rings (SSSR count). The highest BCUT2D eigenvalue weighted by molar-refractivity contribution is 7.57. The van der Waals surface area contributed by atoms with Gasteiger partial charge in [-0.3, -0.25) is 38.1 Å². The molecule has 0 bridgehead atoms. The minimum absolute atomic E-state index is 0.0188. The standard InChI is InChI=1S/C24H33N8O11P/c1-11-7-31(23(37)26-20(11)34)18-5-14(28-30-25)17(42-18)10-44(39,29-13(3)22(36)40-4)43-15-6-19(41-16(15)9-33)32-8-12(2)21(35)27-24(32)38/h7-8,13-19,33H,5-6,9-10H2,1-4H3,(H,29,39)(H,26,34,37)(H,27,35,38). The van der Waals surface area contributed by atoms with E-state index in [1.807, 2.05) is 0 Å². The summed E-state index contributed by atoms with van der Waals surface area (Å²) in [5.41, 5.74) is 6.95. The number of nitrogens with zero attached hydrogens (tertiary/aromatic N) is 5. The zero-order valence-corrected chi connectivity index (χ0v) is 25.1. The molecule has 2 aromatic heterocycles. The van der Waals surface area contributed by atoms with E-state index in [0.29, 0.717) is 0 Å². The molecule has 2 aliphatic heterocycles. The van der Waals surface area contributed by atoms with Crippen LogP contribution in [0.25, 0.3) is 10.4 Å². The number of nitrogens with one attached hydrogen (secondary N) is 3. The van der Waals surface area contributed by atoms with Crippen LogP contribution < -0.4 is 27.6 Å². The largest absolute Gasteiger partial charge is 0.468 e. The summed E-state index contributed by atoms with van der Waals surface area (Å²) in [4.78, 5) is 68.1. The van der Waals surface area contributed by atoms with Crippen molar-refractivity contribution in [3.63, 3.8) is 0 Å². The highest BCUT2D eigenvalue weighted by Gasteiger charge is 2.46. The second-order valence-corrected chi connectivity index (χ2v) is 12.7. The molecule has 2 aliphatic rings. The molecular weight excluding hydrogens is 607 g/mol. The van der Waals surface area contributed by atoms with E-state index in [1.165, 1.54) is 33.2 Å². The van der Waals surface area contributed by atoms with Crippen molar-refractivity contribution in [2.24, 2.45) is 5.11 Å². The number of ether oxygens (including phenoxy) is 3. The van der Waals surface area contributed by atoms with Gasteiger partial charge in [0.25, 0.3) is 18.6 Å². The number of H-pyrrole nitrogens is 2. The molecule has 2 aromatic rings. The zero-order chi connectivity index (χ0) is 32.3. The third-order valence-electron chi connectivity index (χ3n) is 7.35. The molecule has 2 saturated heterocycles. The lowest BCUT2D eigenvalue weighted by molar-refractivity contribution is -0.142. The second kappa shape index (κ2) is 13.4. The van der Waals surface area contributed by atoms with Crippen LogP contribution in [-0.2, 0) is 28.1 Å². The Labute approximate surface area is 248 Å².